The SMILES string of the molecule is CN(Cc1cn(C)nn1)Cc1nccn1CC(F)(F)F. The number of rotatable bonds is 5. The number of hydrogen-bond acceptors (Lipinski definition) is 4. The fourth-order valence-corrected chi connectivity index (χ4v) is 1.87. The van der Waals surface area contributed by atoms with E-state index in [4.69, 9.17) is 0 Å². The second kappa shape index (κ2) is 5.61. The van der Waals surface area contributed by atoms with Gasteiger partial charge in [0.05, 0.1) is 12.2 Å². The lowest BCUT2D eigenvalue weighted by Crippen LogP contribution is -2.24. The Balaban J connectivity index is 1.97. The molecule has 0 unspecified atom stereocenters. The van der Waals surface area contributed by atoms with Crippen molar-refractivity contribution in [1.29, 1.82) is 0 Å². The predicted octanol–water partition coefficient (Wildman–Crippen LogP) is 1.21. The molecule has 20 heavy (non-hydrogen) atoms. The third kappa shape index (κ3) is 4.05. The summed E-state index contributed by atoms with van der Waals surface area (Å²) in [7, 11) is 3.55. The van der Waals surface area contributed by atoms with Crippen LogP contribution in [-0.2, 0) is 26.7 Å². The monoisotopic (exact) mass is 288 g/mol. The maximum absolute atomic E-state index is 12.4. The third-order valence-corrected chi connectivity index (χ3v) is 2.64. The van der Waals surface area contributed by atoms with Crippen LogP contribution in [-0.4, -0.2) is 42.7 Å². The Bertz CT molecular complexity index is 559. The number of alkyl halides is 3. The molecule has 2 heterocycles. The fraction of sp³-hybridized carbons (Fsp3) is 0.545. The molecule has 0 amide bonds. The van der Waals surface area contributed by atoms with Gasteiger partial charge < -0.3 is 4.57 Å². The van der Waals surface area contributed by atoms with E-state index in [1.165, 1.54) is 12.4 Å². The summed E-state index contributed by atoms with van der Waals surface area (Å²) in [5.41, 5.74) is 0.754. The Morgan fingerprint density at radius 3 is 2.65 bits per heavy atom. The van der Waals surface area contributed by atoms with Crippen LogP contribution in [0, 0.1) is 0 Å². The standard InChI is InChI=1S/C11H15F3N6/c1-18(5-9-6-19(2)17-16-9)7-10-15-3-4-20(10)8-11(12,13)14/h3-4,6H,5,7-8H2,1-2H3. The van der Waals surface area contributed by atoms with Crippen molar-refractivity contribution in [2.45, 2.75) is 25.8 Å². The fourth-order valence-electron chi connectivity index (χ4n) is 1.87. The Kier molecular flexibility index (Phi) is 4.07. The van der Waals surface area contributed by atoms with Gasteiger partial charge in [-0.2, -0.15) is 13.2 Å². The molecule has 6 nitrogen and oxygen atoms in total. The Morgan fingerprint density at radius 2 is 2.05 bits per heavy atom. The minimum absolute atomic E-state index is 0.305. The minimum Gasteiger partial charge on any atom is -0.325 e. The van der Waals surface area contributed by atoms with E-state index in [-0.39, 0.29) is 0 Å². The molecule has 2 aromatic rings. The maximum atomic E-state index is 12.4. The summed E-state index contributed by atoms with van der Waals surface area (Å²) < 4.78 is 39.9. The molecule has 0 aliphatic carbocycles. The first kappa shape index (κ1) is 14.5. The van der Waals surface area contributed by atoms with Gasteiger partial charge in [0.15, 0.2) is 0 Å². The summed E-state index contributed by atoms with van der Waals surface area (Å²) >= 11 is 0. The summed E-state index contributed by atoms with van der Waals surface area (Å²) in [6.45, 7) is -0.228. The van der Waals surface area contributed by atoms with Gasteiger partial charge in [0.25, 0.3) is 0 Å². The molecule has 0 saturated heterocycles. The van der Waals surface area contributed by atoms with E-state index in [0.29, 0.717) is 18.9 Å². The molecule has 2 aromatic heterocycles. The van der Waals surface area contributed by atoms with Crippen LogP contribution >= 0.6 is 0 Å². The van der Waals surface area contributed by atoms with Crippen molar-refractivity contribution in [3.8, 4) is 0 Å². The molecule has 0 bridgehead atoms. The zero-order valence-electron chi connectivity index (χ0n) is 11.2. The summed E-state index contributed by atoms with van der Waals surface area (Å²) in [5.74, 6) is 0.369. The van der Waals surface area contributed by atoms with Crippen LogP contribution in [0.25, 0.3) is 0 Å². The second-order valence-electron chi connectivity index (χ2n) is 4.64. The molecule has 0 N–H and O–H groups in total. The molecule has 9 heteroatoms. The van der Waals surface area contributed by atoms with Crippen LogP contribution in [0.1, 0.15) is 11.5 Å². The summed E-state index contributed by atoms with van der Waals surface area (Å²) in [6, 6.07) is 0. The zero-order valence-corrected chi connectivity index (χ0v) is 11.2. The highest BCUT2D eigenvalue weighted by atomic mass is 19.4. The highest BCUT2D eigenvalue weighted by molar-refractivity contribution is 4.95. The average molecular weight is 288 g/mol. The first-order valence-corrected chi connectivity index (χ1v) is 5.94. The molecular weight excluding hydrogens is 273 g/mol. The number of imidazole rings is 1. The summed E-state index contributed by atoms with van der Waals surface area (Å²) in [4.78, 5) is 5.80. The quantitative estimate of drug-likeness (QED) is 0.830. The van der Waals surface area contributed by atoms with Gasteiger partial charge in [-0.1, -0.05) is 5.21 Å². The minimum atomic E-state index is -4.25. The molecule has 0 spiro atoms. The molecule has 0 saturated carbocycles. The second-order valence-corrected chi connectivity index (χ2v) is 4.64. The maximum Gasteiger partial charge on any atom is 0.406 e. The van der Waals surface area contributed by atoms with Crippen LogP contribution < -0.4 is 0 Å². The van der Waals surface area contributed by atoms with Crippen molar-refractivity contribution in [2.24, 2.45) is 7.05 Å². The van der Waals surface area contributed by atoms with E-state index in [1.807, 2.05) is 4.90 Å². The highest BCUT2D eigenvalue weighted by Crippen LogP contribution is 2.18. The van der Waals surface area contributed by atoms with Gasteiger partial charge in [0.2, 0.25) is 0 Å². The van der Waals surface area contributed by atoms with Gasteiger partial charge in [-0.3, -0.25) is 9.58 Å². The number of nitrogens with zero attached hydrogens (tertiary/aromatic N) is 6. The smallest absolute Gasteiger partial charge is 0.325 e. The van der Waals surface area contributed by atoms with Crippen molar-refractivity contribution in [2.75, 3.05) is 7.05 Å². The van der Waals surface area contributed by atoms with Crippen LogP contribution in [0.5, 0.6) is 0 Å². The molecule has 0 radical (unpaired) electrons. The number of halogens is 3. The molecule has 110 valence electrons. The first-order chi connectivity index (χ1) is 9.33. The third-order valence-electron chi connectivity index (χ3n) is 2.64. The summed E-state index contributed by atoms with van der Waals surface area (Å²) in [5, 5.41) is 7.73. The van der Waals surface area contributed by atoms with Gasteiger partial charge in [0.1, 0.15) is 12.4 Å². The summed E-state index contributed by atoms with van der Waals surface area (Å²) in [6.07, 6.45) is 0.216. The number of aromatic nitrogens is 5. The molecule has 0 aliphatic heterocycles. The average Bonchev–Trinajstić information content (AvgIpc) is 2.87. The lowest BCUT2D eigenvalue weighted by molar-refractivity contribution is -0.141. The molecule has 0 aromatic carbocycles. The molecule has 0 aliphatic rings. The number of hydrogen-bond donors (Lipinski definition) is 0. The van der Waals surface area contributed by atoms with Crippen LogP contribution in [0.15, 0.2) is 18.6 Å². The van der Waals surface area contributed by atoms with Crippen molar-refractivity contribution < 1.29 is 13.2 Å². The molecule has 0 atom stereocenters. The van der Waals surface area contributed by atoms with E-state index in [9.17, 15) is 13.2 Å². The lowest BCUT2D eigenvalue weighted by atomic mass is 10.4. The van der Waals surface area contributed by atoms with Crippen molar-refractivity contribution >= 4 is 0 Å². The number of aryl methyl sites for hydroxylation is 1. The largest absolute Gasteiger partial charge is 0.406 e. The van der Waals surface area contributed by atoms with Crippen molar-refractivity contribution in [1.82, 2.24) is 29.4 Å². The topological polar surface area (TPSA) is 51.8 Å². The lowest BCUT2D eigenvalue weighted by Gasteiger charge is -2.16. The van der Waals surface area contributed by atoms with Crippen molar-refractivity contribution in [3.63, 3.8) is 0 Å². The van der Waals surface area contributed by atoms with Gasteiger partial charge >= 0.3 is 6.18 Å². The highest BCUT2D eigenvalue weighted by Gasteiger charge is 2.28. The van der Waals surface area contributed by atoms with E-state index >= 15 is 0 Å². The van der Waals surface area contributed by atoms with Crippen LogP contribution in [0.4, 0.5) is 13.2 Å². The molecule has 0 fully saturated rings. The van der Waals surface area contributed by atoms with Gasteiger partial charge in [0, 0.05) is 32.2 Å². The van der Waals surface area contributed by atoms with E-state index in [2.05, 4.69) is 15.3 Å². The zero-order chi connectivity index (χ0) is 14.8. The van der Waals surface area contributed by atoms with E-state index in [1.54, 1.807) is 25.0 Å². The first-order valence-electron chi connectivity index (χ1n) is 5.94. The Labute approximate surface area is 113 Å². The predicted molar refractivity (Wildman–Crippen MR) is 64.5 cm³/mol. The van der Waals surface area contributed by atoms with Gasteiger partial charge in [-0.05, 0) is 7.05 Å². The Hall–Kier alpha value is -1.90. The van der Waals surface area contributed by atoms with Crippen LogP contribution in [0.3, 0.4) is 0 Å². The normalized spacial score (nSPS) is 12.3. The van der Waals surface area contributed by atoms with Crippen LogP contribution in [0.2, 0.25) is 0 Å². The van der Waals surface area contributed by atoms with E-state index in [0.717, 1.165) is 10.3 Å². The molecular formula is C11H15F3N6. The van der Waals surface area contributed by atoms with Gasteiger partial charge in [-0.15, -0.1) is 5.10 Å². The van der Waals surface area contributed by atoms with Gasteiger partial charge in [-0.25, -0.2) is 4.98 Å². The van der Waals surface area contributed by atoms with Crippen molar-refractivity contribution in [3.05, 3.63) is 30.1 Å². The Morgan fingerprint density at radius 1 is 1.30 bits per heavy atom. The molecule has 2 rings (SSSR count). The van der Waals surface area contributed by atoms with E-state index < -0.39 is 12.7 Å².